The molecule has 2 aromatic carbocycles. The molecule has 0 spiro atoms. The summed E-state index contributed by atoms with van der Waals surface area (Å²) in [4.78, 5) is 26.8. The number of alkyl carbamates (subject to hydrolysis) is 1. The van der Waals surface area contributed by atoms with Gasteiger partial charge in [0.1, 0.15) is 17.7 Å². The van der Waals surface area contributed by atoms with Crippen molar-refractivity contribution >= 4 is 27.7 Å². The molecule has 3 N–H and O–H groups in total. The lowest BCUT2D eigenvalue weighted by Gasteiger charge is -2.40. The molecule has 252 valence electrons. The maximum absolute atomic E-state index is 15.4. The third kappa shape index (κ3) is 8.04. The number of nitrogens with one attached hydrogen (secondary N) is 3. The molecule has 2 bridgehead atoms. The summed E-state index contributed by atoms with van der Waals surface area (Å²) >= 11 is 0. The van der Waals surface area contributed by atoms with Gasteiger partial charge in [0.15, 0.2) is 0 Å². The van der Waals surface area contributed by atoms with Crippen LogP contribution in [0.4, 0.5) is 19.3 Å². The van der Waals surface area contributed by atoms with Crippen molar-refractivity contribution in [3.05, 3.63) is 65.2 Å². The van der Waals surface area contributed by atoms with Gasteiger partial charge in [-0.2, -0.15) is 4.31 Å². The first-order chi connectivity index (χ1) is 21.9. The Bertz CT molecular complexity index is 1480. The summed E-state index contributed by atoms with van der Waals surface area (Å²) in [5, 5.41) is 8.99. The average molecular weight is 663 g/mol. The molecule has 0 aromatic heterocycles. The first kappa shape index (κ1) is 34.2. The summed E-state index contributed by atoms with van der Waals surface area (Å²) in [7, 11) is -2.22. The number of anilines is 1. The minimum absolute atomic E-state index is 0.0944. The van der Waals surface area contributed by atoms with Crippen molar-refractivity contribution < 1.29 is 36.3 Å². The monoisotopic (exact) mass is 662 g/mol. The predicted molar refractivity (Wildman–Crippen MR) is 170 cm³/mol. The van der Waals surface area contributed by atoms with E-state index in [4.69, 9.17) is 9.47 Å². The van der Waals surface area contributed by atoms with Gasteiger partial charge in [-0.1, -0.05) is 18.2 Å². The molecule has 1 unspecified atom stereocenters. The Labute approximate surface area is 269 Å². The SMILES string of the molecule is COC(=O)N[C@H](C(=O)Nc1cccc(F)c1CC[C@H]1CN[C@@H]2CCCS(=O)(=O)N1C2)[C@@H](c1ccc(F)cc1)C1C[C@@H](C)O[C@H](C)C1. The average Bonchev–Trinajstić information content (AvgIpc) is 3.12. The van der Waals surface area contributed by atoms with Gasteiger partial charge in [-0.15, -0.1) is 0 Å². The zero-order valence-electron chi connectivity index (χ0n) is 26.5. The maximum atomic E-state index is 15.4. The Morgan fingerprint density at radius 1 is 1.11 bits per heavy atom. The van der Waals surface area contributed by atoms with Crippen LogP contribution in [0.3, 0.4) is 0 Å². The minimum atomic E-state index is -3.42. The second kappa shape index (κ2) is 14.7. The highest BCUT2D eigenvalue weighted by Crippen LogP contribution is 2.39. The van der Waals surface area contributed by atoms with Crippen LogP contribution in [-0.4, -0.2) is 81.0 Å². The number of hydrogen-bond donors (Lipinski definition) is 3. The fourth-order valence-corrected chi connectivity index (χ4v) is 9.18. The van der Waals surface area contributed by atoms with E-state index in [0.717, 1.165) is 6.42 Å². The highest BCUT2D eigenvalue weighted by molar-refractivity contribution is 7.89. The molecule has 3 saturated heterocycles. The summed E-state index contributed by atoms with van der Waals surface area (Å²) in [5.41, 5.74) is 1.13. The summed E-state index contributed by atoms with van der Waals surface area (Å²) in [6.07, 6.45) is 2.08. The van der Waals surface area contributed by atoms with Crippen LogP contribution in [0.25, 0.3) is 0 Å². The molecule has 3 fully saturated rings. The number of sulfonamides is 1. The van der Waals surface area contributed by atoms with Crippen LogP contribution in [0.2, 0.25) is 0 Å². The van der Waals surface area contributed by atoms with E-state index in [1.807, 2.05) is 13.8 Å². The molecule has 0 saturated carbocycles. The van der Waals surface area contributed by atoms with Crippen molar-refractivity contribution in [2.45, 2.75) is 88.6 Å². The Morgan fingerprint density at radius 3 is 2.52 bits per heavy atom. The van der Waals surface area contributed by atoms with Gasteiger partial charge >= 0.3 is 6.09 Å². The Balaban J connectivity index is 1.42. The first-order valence-electron chi connectivity index (χ1n) is 16.0. The highest BCUT2D eigenvalue weighted by atomic mass is 32.2. The number of piperazine rings is 1. The van der Waals surface area contributed by atoms with E-state index in [0.29, 0.717) is 44.3 Å². The summed E-state index contributed by atoms with van der Waals surface area (Å²) in [6, 6.07) is 8.84. The van der Waals surface area contributed by atoms with Gasteiger partial charge in [-0.05, 0) is 88.1 Å². The summed E-state index contributed by atoms with van der Waals surface area (Å²) in [5.74, 6) is -2.16. The van der Waals surface area contributed by atoms with Gasteiger partial charge in [0.2, 0.25) is 15.9 Å². The van der Waals surface area contributed by atoms with E-state index in [1.165, 1.54) is 31.4 Å². The maximum Gasteiger partial charge on any atom is 0.407 e. The number of nitrogens with zero attached hydrogens (tertiary/aromatic N) is 1. The van der Waals surface area contributed by atoms with Crippen LogP contribution < -0.4 is 16.0 Å². The van der Waals surface area contributed by atoms with Crippen molar-refractivity contribution in [2.24, 2.45) is 5.92 Å². The lowest BCUT2D eigenvalue weighted by molar-refractivity contribution is -0.120. The molecule has 2 amide bonds. The second-order valence-corrected chi connectivity index (χ2v) is 14.8. The molecular formula is C33H44F2N4O6S. The minimum Gasteiger partial charge on any atom is -0.453 e. The number of hydrogen-bond acceptors (Lipinski definition) is 7. The lowest BCUT2D eigenvalue weighted by atomic mass is 9.74. The molecule has 0 aliphatic carbocycles. The van der Waals surface area contributed by atoms with Crippen LogP contribution in [0.5, 0.6) is 0 Å². The van der Waals surface area contributed by atoms with Gasteiger partial charge in [-0.3, -0.25) is 4.79 Å². The number of amides is 2. The molecule has 10 nitrogen and oxygen atoms in total. The number of carbonyl (C=O) groups excluding carboxylic acids is 2. The largest absolute Gasteiger partial charge is 0.453 e. The standard InChI is InChI=1S/C33H44F2N4O6S/c1-20-16-23(17-21(2)45-20)30(22-9-11-24(34)12-10-22)31(38-33(41)44-3)32(40)37-29-8-4-7-28(35)27(29)14-13-26-18-36-25-6-5-15-46(42,43)39(26)19-25/h4,7-12,20-21,23,25-26,30-31,36H,5-6,13-19H2,1-3H3,(H,37,40)(H,38,41)/t20-,21-,25-,26+,30+,31+/m1/s1. The number of benzene rings is 2. The summed E-state index contributed by atoms with van der Waals surface area (Å²) in [6.45, 7) is 4.76. The zero-order chi connectivity index (χ0) is 33.0. The predicted octanol–water partition coefficient (Wildman–Crippen LogP) is 4.31. The molecule has 0 radical (unpaired) electrons. The normalized spacial score (nSPS) is 28.7. The van der Waals surface area contributed by atoms with E-state index in [2.05, 4.69) is 16.0 Å². The molecular weight excluding hydrogens is 618 g/mol. The number of methoxy groups -OCH3 is 1. The van der Waals surface area contributed by atoms with Crippen LogP contribution in [0.1, 0.15) is 63.0 Å². The highest BCUT2D eigenvalue weighted by Gasteiger charge is 2.41. The zero-order valence-corrected chi connectivity index (χ0v) is 27.3. The van der Waals surface area contributed by atoms with Gasteiger partial charge < -0.3 is 25.4 Å². The van der Waals surface area contributed by atoms with Crippen molar-refractivity contribution in [3.63, 3.8) is 0 Å². The Morgan fingerprint density at radius 2 is 1.83 bits per heavy atom. The number of carbonyl (C=O) groups is 2. The third-order valence-electron chi connectivity index (χ3n) is 9.46. The van der Waals surface area contributed by atoms with Gasteiger partial charge in [-0.25, -0.2) is 22.0 Å². The van der Waals surface area contributed by atoms with E-state index >= 15 is 4.39 Å². The van der Waals surface area contributed by atoms with Gasteiger partial charge in [0.05, 0.1) is 25.1 Å². The third-order valence-corrected chi connectivity index (χ3v) is 11.4. The molecule has 46 heavy (non-hydrogen) atoms. The Hall–Kier alpha value is -3.13. The molecule has 3 heterocycles. The molecule has 13 heteroatoms. The molecule has 2 aromatic rings. The van der Waals surface area contributed by atoms with Crippen LogP contribution >= 0.6 is 0 Å². The van der Waals surface area contributed by atoms with Crippen LogP contribution in [-0.2, 0) is 30.7 Å². The number of ether oxygens (including phenoxy) is 2. The van der Waals surface area contributed by atoms with E-state index in [9.17, 15) is 22.4 Å². The quantitative estimate of drug-likeness (QED) is 0.366. The molecule has 3 aliphatic heterocycles. The topological polar surface area (TPSA) is 126 Å². The fourth-order valence-electron chi connectivity index (χ4n) is 7.37. The number of rotatable bonds is 9. The Kier molecular flexibility index (Phi) is 11.0. The van der Waals surface area contributed by atoms with E-state index in [-0.39, 0.29) is 53.6 Å². The van der Waals surface area contributed by atoms with Crippen molar-refractivity contribution in [2.75, 3.05) is 31.3 Å². The van der Waals surface area contributed by atoms with Gasteiger partial charge in [0.25, 0.3) is 0 Å². The number of fused-ring (bicyclic) bond motifs is 2. The molecule has 7 atom stereocenters. The second-order valence-electron chi connectivity index (χ2n) is 12.8. The molecule has 3 aliphatic rings. The smallest absolute Gasteiger partial charge is 0.407 e. The molecule has 5 rings (SSSR count). The van der Waals surface area contributed by atoms with Crippen molar-refractivity contribution in [1.82, 2.24) is 14.9 Å². The van der Waals surface area contributed by atoms with Crippen molar-refractivity contribution in [1.29, 1.82) is 0 Å². The van der Waals surface area contributed by atoms with E-state index in [1.54, 1.807) is 22.5 Å². The first-order valence-corrected chi connectivity index (χ1v) is 17.6. The van der Waals surface area contributed by atoms with Crippen LogP contribution in [0, 0.1) is 17.6 Å². The lowest BCUT2D eigenvalue weighted by Crippen LogP contribution is -2.57. The van der Waals surface area contributed by atoms with E-state index < -0.39 is 45.6 Å². The van der Waals surface area contributed by atoms with Gasteiger partial charge in [0, 0.05) is 42.3 Å². The number of halogens is 2. The van der Waals surface area contributed by atoms with Crippen molar-refractivity contribution in [3.8, 4) is 0 Å². The fraction of sp³-hybridized carbons (Fsp3) is 0.576. The van der Waals surface area contributed by atoms with Crippen LogP contribution in [0.15, 0.2) is 42.5 Å². The summed E-state index contributed by atoms with van der Waals surface area (Å²) < 4.78 is 67.7.